The Morgan fingerprint density at radius 1 is 1.14 bits per heavy atom. The molecule has 2 aromatic carbocycles. The first kappa shape index (κ1) is 31.1. The van der Waals surface area contributed by atoms with Crippen molar-refractivity contribution in [2.24, 2.45) is 4.99 Å². The van der Waals surface area contributed by atoms with E-state index in [9.17, 15) is 9.59 Å². The van der Waals surface area contributed by atoms with Crippen LogP contribution in [-0.2, 0) is 9.53 Å². The van der Waals surface area contributed by atoms with E-state index in [1.54, 1.807) is 64.5 Å². The van der Waals surface area contributed by atoms with E-state index in [1.165, 1.54) is 15.9 Å². The molecule has 1 aromatic heterocycles. The van der Waals surface area contributed by atoms with E-state index >= 15 is 0 Å². The molecule has 1 aliphatic heterocycles. The van der Waals surface area contributed by atoms with Crippen LogP contribution in [0.4, 0.5) is 0 Å². The van der Waals surface area contributed by atoms with Crippen LogP contribution in [0.2, 0.25) is 0 Å². The minimum absolute atomic E-state index is 0.0692. The van der Waals surface area contributed by atoms with Gasteiger partial charge in [0.25, 0.3) is 5.56 Å². The summed E-state index contributed by atoms with van der Waals surface area (Å²) in [6.07, 6.45) is 3.33. The molecule has 0 unspecified atom stereocenters. The molecule has 0 aliphatic carbocycles. The van der Waals surface area contributed by atoms with Crippen LogP contribution in [0.1, 0.15) is 44.9 Å². The van der Waals surface area contributed by atoms with Crippen molar-refractivity contribution in [1.82, 2.24) is 4.57 Å². The van der Waals surface area contributed by atoms with Gasteiger partial charge in [0, 0.05) is 4.47 Å². The zero-order valence-electron chi connectivity index (χ0n) is 24.4. The maximum atomic E-state index is 14.0. The second-order valence-corrected chi connectivity index (χ2v) is 11.4. The molecule has 2 heterocycles. The fourth-order valence-electron chi connectivity index (χ4n) is 4.54. The lowest BCUT2D eigenvalue weighted by Gasteiger charge is -2.25. The summed E-state index contributed by atoms with van der Waals surface area (Å²) in [4.78, 5) is 32.4. The van der Waals surface area contributed by atoms with Crippen molar-refractivity contribution >= 4 is 39.3 Å². The Bertz CT molecular complexity index is 1720. The number of carbonyl (C=O) groups is 1. The molecule has 0 saturated carbocycles. The number of rotatable bonds is 11. The number of carbonyl (C=O) groups excluding carboxylic acids is 1. The number of esters is 1. The van der Waals surface area contributed by atoms with E-state index in [0.29, 0.717) is 60.2 Å². The number of halogens is 1. The average Bonchev–Trinajstić information content (AvgIpc) is 3.26. The number of methoxy groups -OCH3 is 2. The number of hydrogen-bond acceptors (Lipinski definition) is 9. The maximum absolute atomic E-state index is 14.0. The topological polar surface area (TPSA) is 97.6 Å². The first-order valence-electron chi connectivity index (χ1n) is 13.3. The lowest BCUT2D eigenvalue weighted by Crippen LogP contribution is -2.40. The van der Waals surface area contributed by atoms with Crippen molar-refractivity contribution in [3.8, 4) is 23.0 Å². The van der Waals surface area contributed by atoms with E-state index in [1.807, 2.05) is 19.9 Å². The highest BCUT2D eigenvalue weighted by atomic mass is 79.9. The Balaban J connectivity index is 1.92. The Labute approximate surface area is 256 Å². The average molecular weight is 658 g/mol. The molecule has 0 spiro atoms. The fourth-order valence-corrected chi connectivity index (χ4v) is 6.01. The first-order valence-corrected chi connectivity index (χ1v) is 14.9. The van der Waals surface area contributed by atoms with Gasteiger partial charge in [-0.25, -0.2) is 9.79 Å². The predicted molar refractivity (Wildman–Crippen MR) is 166 cm³/mol. The van der Waals surface area contributed by atoms with E-state index < -0.39 is 12.0 Å². The number of nitrogens with zero attached hydrogens (tertiary/aromatic N) is 2. The highest BCUT2D eigenvalue weighted by Crippen LogP contribution is 2.37. The zero-order valence-corrected chi connectivity index (χ0v) is 26.8. The van der Waals surface area contributed by atoms with Crippen molar-refractivity contribution in [2.75, 3.05) is 27.4 Å². The summed E-state index contributed by atoms with van der Waals surface area (Å²) in [6, 6.07) is 8.15. The number of allylic oxidation sites excluding steroid dienone is 1. The van der Waals surface area contributed by atoms with Gasteiger partial charge >= 0.3 is 5.97 Å². The van der Waals surface area contributed by atoms with Crippen LogP contribution in [0.3, 0.4) is 0 Å². The van der Waals surface area contributed by atoms with Crippen LogP contribution >= 0.6 is 27.3 Å². The summed E-state index contributed by atoms with van der Waals surface area (Å²) in [5.74, 6) is 1.55. The second-order valence-electron chi connectivity index (χ2n) is 9.50. The molecule has 0 N–H and O–H groups in total. The molecule has 0 amide bonds. The standard InChI is InChI=1S/C31H33BrN2O7S/c1-8-12-40-25-16-21(32)20(14-24(25)38-7)15-26-29(35)34-28(19-10-11-22(41-17(3)4)23(13-19)37-6)27(30(36)39-9-2)18(5)33-31(34)42-26/h8,10-11,13-17,28H,1,9,12H2,2-7H3/b26-15-/t28-/m1/s1. The first-order chi connectivity index (χ1) is 20.1. The molecular formula is C31H33BrN2O7S. The molecule has 0 bridgehead atoms. The second kappa shape index (κ2) is 13.4. The molecule has 1 aliphatic rings. The van der Waals surface area contributed by atoms with E-state index in [2.05, 4.69) is 27.5 Å². The monoisotopic (exact) mass is 656 g/mol. The SMILES string of the molecule is C=CCOc1cc(Br)c(/C=c2\sc3n(c2=O)[C@H](c2ccc(OC(C)C)c(OC)c2)C(C(=O)OCC)=C(C)N=3)cc1OC. The van der Waals surface area contributed by atoms with E-state index in [0.717, 1.165) is 0 Å². The molecule has 42 heavy (non-hydrogen) atoms. The normalized spacial score (nSPS) is 14.8. The van der Waals surface area contributed by atoms with Crippen LogP contribution in [-0.4, -0.2) is 44.1 Å². The Kier molecular flexibility index (Phi) is 9.95. The van der Waals surface area contributed by atoms with Crippen molar-refractivity contribution in [1.29, 1.82) is 0 Å². The number of aromatic nitrogens is 1. The third-order valence-corrected chi connectivity index (χ3v) is 7.98. The Morgan fingerprint density at radius 3 is 2.50 bits per heavy atom. The summed E-state index contributed by atoms with van der Waals surface area (Å²) in [6.45, 7) is 11.5. The van der Waals surface area contributed by atoms with Crippen molar-refractivity contribution in [3.05, 3.63) is 89.5 Å². The van der Waals surface area contributed by atoms with Crippen molar-refractivity contribution in [3.63, 3.8) is 0 Å². The van der Waals surface area contributed by atoms with Gasteiger partial charge in [0.1, 0.15) is 6.61 Å². The fraction of sp³-hybridized carbons (Fsp3) is 0.323. The van der Waals surface area contributed by atoms with Gasteiger partial charge in [0.15, 0.2) is 27.8 Å². The van der Waals surface area contributed by atoms with Gasteiger partial charge in [0.05, 0.1) is 48.8 Å². The van der Waals surface area contributed by atoms with Gasteiger partial charge < -0.3 is 23.7 Å². The number of fused-ring (bicyclic) bond motifs is 1. The minimum Gasteiger partial charge on any atom is -0.493 e. The molecule has 0 saturated heterocycles. The summed E-state index contributed by atoms with van der Waals surface area (Å²) in [7, 11) is 3.10. The summed E-state index contributed by atoms with van der Waals surface area (Å²) < 4.78 is 30.8. The number of hydrogen-bond donors (Lipinski definition) is 0. The predicted octanol–water partition coefficient (Wildman–Crippen LogP) is 4.93. The summed E-state index contributed by atoms with van der Waals surface area (Å²) in [5.41, 5.74) is 1.80. The highest BCUT2D eigenvalue weighted by Gasteiger charge is 2.34. The maximum Gasteiger partial charge on any atom is 0.338 e. The third-order valence-electron chi connectivity index (χ3n) is 6.31. The van der Waals surface area contributed by atoms with Gasteiger partial charge in [-0.1, -0.05) is 46.0 Å². The number of thiazole rings is 1. The number of benzene rings is 2. The van der Waals surface area contributed by atoms with Crippen LogP contribution in [0.25, 0.3) is 6.08 Å². The molecular weight excluding hydrogens is 624 g/mol. The smallest absolute Gasteiger partial charge is 0.338 e. The van der Waals surface area contributed by atoms with Gasteiger partial charge in [-0.15, -0.1) is 0 Å². The lowest BCUT2D eigenvalue weighted by atomic mass is 9.95. The largest absolute Gasteiger partial charge is 0.493 e. The van der Waals surface area contributed by atoms with Crippen molar-refractivity contribution < 1.29 is 28.5 Å². The molecule has 222 valence electrons. The lowest BCUT2D eigenvalue weighted by molar-refractivity contribution is -0.139. The van der Waals surface area contributed by atoms with Gasteiger partial charge in [-0.05, 0) is 69.2 Å². The van der Waals surface area contributed by atoms with Gasteiger partial charge in [0.2, 0.25) is 0 Å². The third kappa shape index (κ3) is 6.32. The van der Waals surface area contributed by atoms with E-state index in [-0.39, 0.29) is 23.8 Å². The molecule has 1 atom stereocenters. The van der Waals surface area contributed by atoms with Gasteiger partial charge in [-0.3, -0.25) is 9.36 Å². The molecule has 3 aromatic rings. The van der Waals surface area contributed by atoms with Gasteiger partial charge in [-0.2, -0.15) is 0 Å². The minimum atomic E-state index is -0.794. The van der Waals surface area contributed by atoms with Crippen LogP contribution in [0.15, 0.2) is 68.5 Å². The molecule has 4 rings (SSSR count). The van der Waals surface area contributed by atoms with Crippen LogP contribution < -0.4 is 33.8 Å². The van der Waals surface area contributed by atoms with Crippen molar-refractivity contribution in [2.45, 2.75) is 39.8 Å². The summed E-state index contributed by atoms with van der Waals surface area (Å²) in [5, 5.41) is 0. The molecule has 11 heteroatoms. The van der Waals surface area contributed by atoms with E-state index in [4.69, 9.17) is 23.7 Å². The Morgan fingerprint density at radius 2 is 1.86 bits per heavy atom. The number of ether oxygens (including phenoxy) is 5. The van der Waals surface area contributed by atoms with Crippen LogP contribution in [0, 0.1) is 0 Å². The quantitative estimate of drug-likeness (QED) is 0.213. The van der Waals surface area contributed by atoms with Crippen LogP contribution in [0.5, 0.6) is 23.0 Å². The summed E-state index contributed by atoms with van der Waals surface area (Å²) >= 11 is 4.81. The zero-order chi connectivity index (χ0) is 30.6. The molecule has 0 fully saturated rings. The Hall–Kier alpha value is -3.83. The molecule has 9 nitrogen and oxygen atoms in total. The molecule has 0 radical (unpaired) electrons. The highest BCUT2D eigenvalue weighted by molar-refractivity contribution is 9.10.